The molecule has 0 aliphatic rings. The summed E-state index contributed by atoms with van der Waals surface area (Å²) in [6, 6.07) is 16.0. The molecule has 0 bridgehead atoms. The van der Waals surface area contributed by atoms with Crippen LogP contribution in [0, 0.1) is 0 Å². The predicted octanol–water partition coefficient (Wildman–Crippen LogP) is 4.31. The van der Waals surface area contributed by atoms with Gasteiger partial charge in [-0.05, 0) is 31.0 Å². The van der Waals surface area contributed by atoms with Crippen LogP contribution in [-0.4, -0.2) is 16.7 Å². The quantitative estimate of drug-likeness (QED) is 0.702. The van der Waals surface area contributed by atoms with Gasteiger partial charge in [0.2, 0.25) is 11.7 Å². The van der Waals surface area contributed by atoms with E-state index in [0.29, 0.717) is 24.9 Å². The topological polar surface area (TPSA) is 60.2 Å². The number of benzene rings is 2. The van der Waals surface area contributed by atoms with Gasteiger partial charge in [0.25, 0.3) is 0 Å². The average Bonchev–Trinajstić information content (AvgIpc) is 3.10. The Morgan fingerprint density at radius 2 is 1.83 bits per heavy atom. The van der Waals surface area contributed by atoms with Gasteiger partial charge < -0.3 is 14.6 Å². The molecule has 3 aromatic rings. The highest BCUT2D eigenvalue weighted by Crippen LogP contribution is 2.24. The van der Waals surface area contributed by atoms with E-state index in [1.807, 2.05) is 43.3 Å². The van der Waals surface area contributed by atoms with Crippen molar-refractivity contribution >= 4 is 5.69 Å². The van der Waals surface area contributed by atoms with Crippen LogP contribution in [0.15, 0.2) is 53.1 Å². The smallest absolute Gasteiger partial charge is 0.246 e. The Bertz CT molecular complexity index is 781. The van der Waals surface area contributed by atoms with Crippen molar-refractivity contribution in [2.45, 2.75) is 26.8 Å². The Labute approximate surface area is 141 Å². The van der Waals surface area contributed by atoms with Gasteiger partial charge in [0.15, 0.2) is 0 Å². The van der Waals surface area contributed by atoms with Gasteiger partial charge >= 0.3 is 0 Å². The normalized spacial score (nSPS) is 10.6. The molecule has 0 atom stereocenters. The molecule has 124 valence electrons. The van der Waals surface area contributed by atoms with Gasteiger partial charge in [-0.15, -0.1) is 0 Å². The maximum atomic E-state index is 5.59. The second kappa shape index (κ2) is 7.64. The SMILES string of the molecule is CCOc1ccccc1NCc1nc(-c2ccc(CC)cc2)no1. The fourth-order valence-corrected chi connectivity index (χ4v) is 2.40. The predicted molar refractivity (Wildman–Crippen MR) is 94.0 cm³/mol. The molecule has 0 aliphatic heterocycles. The molecule has 3 rings (SSSR count). The number of nitrogens with zero attached hydrogens (tertiary/aromatic N) is 2. The molecule has 2 aromatic carbocycles. The van der Waals surface area contributed by atoms with E-state index in [-0.39, 0.29) is 0 Å². The molecule has 5 heteroatoms. The van der Waals surface area contributed by atoms with Gasteiger partial charge in [0, 0.05) is 5.56 Å². The van der Waals surface area contributed by atoms with Crippen molar-refractivity contribution in [1.82, 2.24) is 10.1 Å². The summed E-state index contributed by atoms with van der Waals surface area (Å²) in [5.74, 6) is 1.96. The van der Waals surface area contributed by atoms with Crippen molar-refractivity contribution in [2.24, 2.45) is 0 Å². The summed E-state index contributed by atoms with van der Waals surface area (Å²) in [6.07, 6.45) is 1.01. The summed E-state index contributed by atoms with van der Waals surface area (Å²) < 4.78 is 10.9. The number of nitrogens with one attached hydrogen (secondary N) is 1. The Morgan fingerprint density at radius 1 is 1.04 bits per heavy atom. The van der Waals surface area contributed by atoms with E-state index >= 15 is 0 Å². The van der Waals surface area contributed by atoms with Crippen LogP contribution in [0.25, 0.3) is 11.4 Å². The van der Waals surface area contributed by atoms with E-state index in [2.05, 4.69) is 34.5 Å². The first kappa shape index (κ1) is 16.1. The first-order valence-electron chi connectivity index (χ1n) is 8.17. The van der Waals surface area contributed by atoms with E-state index in [9.17, 15) is 0 Å². The summed E-state index contributed by atoms with van der Waals surface area (Å²) in [6.45, 7) is 5.17. The number of aromatic nitrogens is 2. The Balaban J connectivity index is 1.68. The summed E-state index contributed by atoms with van der Waals surface area (Å²) >= 11 is 0. The molecule has 1 N–H and O–H groups in total. The summed E-state index contributed by atoms with van der Waals surface area (Å²) in [5.41, 5.74) is 3.15. The van der Waals surface area contributed by atoms with Gasteiger partial charge in [-0.3, -0.25) is 0 Å². The number of aryl methyl sites for hydroxylation is 1. The van der Waals surface area contributed by atoms with Gasteiger partial charge in [0.1, 0.15) is 5.75 Å². The number of ether oxygens (including phenoxy) is 1. The van der Waals surface area contributed by atoms with Gasteiger partial charge in [0.05, 0.1) is 18.8 Å². The number of hydrogen-bond acceptors (Lipinski definition) is 5. The highest BCUT2D eigenvalue weighted by atomic mass is 16.5. The van der Waals surface area contributed by atoms with Crippen LogP contribution in [0.4, 0.5) is 5.69 Å². The number of hydrogen-bond donors (Lipinski definition) is 1. The van der Waals surface area contributed by atoms with Crippen LogP contribution >= 0.6 is 0 Å². The minimum absolute atomic E-state index is 0.449. The molecule has 0 amide bonds. The Hall–Kier alpha value is -2.82. The molecule has 0 unspecified atom stereocenters. The van der Waals surface area contributed by atoms with Crippen molar-refractivity contribution in [3.63, 3.8) is 0 Å². The molecular weight excluding hydrogens is 302 g/mol. The van der Waals surface area contributed by atoms with Crippen molar-refractivity contribution in [2.75, 3.05) is 11.9 Å². The van der Waals surface area contributed by atoms with E-state index in [4.69, 9.17) is 9.26 Å². The number of para-hydroxylation sites is 2. The first-order valence-corrected chi connectivity index (χ1v) is 8.17. The summed E-state index contributed by atoms with van der Waals surface area (Å²) in [4.78, 5) is 4.45. The average molecular weight is 323 g/mol. The molecule has 0 saturated carbocycles. The van der Waals surface area contributed by atoms with Crippen molar-refractivity contribution < 1.29 is 9.26 Å². The largest absolute Gasteiger partial charge is 0.492 e. The molecule has 24 heavy (non-hydrogen) atoms. The lowest BCUT2D eigenvalue weighted by Gasteiger charge is -2.10. The molecule has 1 aromatic heterocycles. The zero-order valence-corrected chi connectivity index (χ0v) is 14.0. The minimum atomic E-state index is 0.449. The molecule has 5 nitrogen and oxygen atoms in total. The van der Waals surface area contributed by atoms with Crippen LogP contribution in [0.3, 0.4) is 0 Å². The standard InChI is InChI=1S/C19H21N3O2/c1-3-14-9-11-15(12-10-14)19-21-18(24-22-19)13-20-16-7-5-6-8-17(16)23-4-2/h5-12,20H,3-4,13H2,1-2H3. The van der Waals surface area contributed by atoms with Crippen LogP contribution in [0.2, 0.25) is 0 Å². The van der Waals surface area contributed by atoms with Crippen LogP contribution in [0.1, 0.15) is 25.3 Å². The fraction of sp³-hybridized carbons (Fsp3) is 0.263. The number of anilines is 1. The van der Waals surface area contributed by atoms with E-state index < -0.39 is 0 Å². The third kappa shape index (κ3) is 3.74. The fourth-order valence-electron chi connectivity index (χ4n) is 2.40. The highest BCUT2D eigenvalue weighted by molar-refractivity contribution is 5.57. The van der Waals surface area contributed by atoms with Crippen molar-refractivity contribution in [3.05, 3.63) is 60.0 Å². The molecule has 0 spiro atoms. The molecular formula is C19H21N3O2. The molecule has 0 radical (unpaired) electrons. The maximum absolute atomic E-state index is 5.59. The first-order chi connectivity index (χ1) is 11.8. The summed E-state index contributed by atoms with van der Waals surface area (Å²) in [7, 11) is 0. The third-order valence-corrected chi connectivity index (χ3v) is 3.71. The van der Waals surface area contributed by atoms with Crippen LogP contribution < -0.4 is 10.1 Å². The Kier molecular flexibility index (Phi) is 5.11. The Morgan fingerprint density at radius 3 is 2.58 bits per heavy atom. The third-order valence-electron chi connectivity index (χ3n) is 3.71. The van der Waals surface area contributed by atoms with Crippen molar-refractivity contribution in [3.8, 4) is 17.1 Å². The summed E-state index contributed by atoms with van der Waals surface area (Å²) in [5, 5.41) is 7.33. The zero-order valence-electron chi connectivity index (χ0n) is 14.0. The highest BCUT2D eigenvalue weighted by Gasteiger charge is 2.09. The lowest BCUT2D eigenvalue weighted by molar-refractivity contribution is 0.341. The zero-order chi connectivity index (χ0) is 16.8. The second-order valence-electron chi connectivity index (χ2n) is 5.34. The monoisotopic (exact) mass is 323 g/mol. The second-order valence-corrected chi connectivity index (χ2v) is 5.34. The molecule has 0 saturated heterocycles. The lowest BCUT2D eigenvalue weighted by atomic mass is 10.1. The van der Waals surface area contributed by atoms with Gasteiger partial charge in [-0.25, -0.2) is 0 Å². The molecule has 0 fully saturated rings. The maximum Gasteiger partial charge on any atom is 0.246 e. The minimum Gasteiger partial charge on any atom is -0.492 e. The molecule has 0 aliphatic carbocycles. The van der Waals surface area contributed by atoms with E-state index in [0.717, 1.165) is 23.4 Å². The van der Waals surface area contributed by atoms with Crippen LogP contribution in [-0.2, 0) is 13.0 Å². The van der Waals surface area contributed by atoms with E-state index in [1.165, 1.54) is 5.56 Å². The van der Waals surface area contributed by atoms with Crippen LogP contribution in [0.5, 0.6) is 5.75 Å². The number of rotatable bonds is 7. The van der Waals surface area contributed by atoms with Gasteiger partial charge in [-0.1, -0.05) is 48.5 Å². The van der Waals surface area contributed by atoms with Crippen molar-refractivity contribution in [1.29, 1.82) is 0 Å². The molecule has 1 heterocycles. The van der Waals surface area contributed by atoms with Gasteiger partial charge in [-0.2, -0.15) is 4.98 Å². The lowest BCUT2D eigenvalue weighted by Crippen LogP contribution is -2.02. The van der Waals surface area contributed by atoms with E-state index in [1.54, 1.807) is 0 Å².